The normalized spacial score (nSPS) is 10.1. The summed E-state index contributed by atoms with van der Waals surface area (Å²) in [7, 11) is 1.62. The largest absolute Gasteiger partial charge is 0.356 e. The smallest absolute Gasteiger partial charge is 0.251 e. The number of nitrogens with zero attached hydrogens (tertiary/aromatic N) is 2. The first-order valence-corrected chi connectivity index (χ1v) is 6.35. The second-order valence-corrected chi connectivity index (χ2v) is 4.94. The molecule has 0 spiro atoms. The number of carbonyl (C=O) groups excluding carboxylic acids is 1. The van der Waals surface area contributed by atoms with E-state index in [9.17, 15) is 4.79 Å². The van der Waals surface area contributed by atoms with Crippen LogP contribution in [0.2, 0.25) is 0 Å². The molecule has 0 saturated carbocycles. The van der Waals surface area contributed by atoms with Crippen LogP contribution >= 0.6 is 11.3 Å². The Morgan fingerprint density at radius 2 is 2.00 bits per heavy atom. The average molecular weight is 262 g/mol. The second-order valence-electron chi connectivity index (χ2n) is 3.76. The predicted octanol–water partition coefficient (Wildman–Crippen LogP) is 1.82. The summed E-state index contributed by atoms with van der Waals surface area (Å²) < 4.78 is 0. The molecule has 0 aliphatic rings. The van der Waals surface area contributed by atoms with Crippen LogP contribution in [0.5, 0.6) is 0 Å². The highest BCUT2D eigenvalue weighted by atomic mass is 32.1. The van der Waals surface area contributed by atoms with Gasteiger partial charge in [0.25, 0.3) is 5.91 Å². The molecule has 1 aromatic carbocycles. The molecule has 1 heterocycles. The lowest BCUT2D eigenvalue weighted by atomic mass is 10.1. The summed E-state index contributed by atoms with van der Waals surface area (Å²) in [4.78, 5) is 11.4. The number of carbonyl (C=O) groups is 1. The van der Waals surface area contributed by atoms with Gasteiger partial charge in [-0.25, -0.2) is 0 Å². The highest BCUT2D eigenvalue weighted by molar-refractivity contribution is 7.15. The minimum atomic E-state index is -0.0748. The van der Waals surface area contributed by atoms with Crippen molar-refractivity contribution < 1.29 is 4.79 Å². The summed E-state index contributed by atoms with van der Waals surface area (Å²) in [6, 6.07) is 7.46. The molecule has 1 amide bonds. The van der Waals surface area contributed by atoms with Crippen molar-refractivity contribution in [1.82, 2.24) is 15.5 Å². The zero-order valence-corrected chi connectivity index (χ0v) is 11.0. The lowest BCUT2D eigenvalue weighted by Crippen LogP contribution is -2.17. The van der Waals surface area contributed by atoms with E-state index in [0.717, 1.165) is 15.7 Å². The van der Waals surface area contributed by atoms with E-state index in [-0.39, 0.29) is 5.91 Å². The summed E-state index contributed by atoms with van der Waals surface area (Å²) in [6.07, 6.45) is 0. The van der Waals surface area contributed by atoms with E-state index in [0.29, 0.717) is 12.1 Å². The number of hydrogen-bond acceptors (Lipinski definition) is 5. The van der Waals surface area contributed by atoms with Crippen LogP contribution in [0.25, 0.3) is 0 Å². The van der Waals surface area contributed by atoms with Gasteiger partial charge in [-0.15, -0.1) is 10.2 Å². The number of aromatic nitrogens is 2. The second kappa shape index (κ2) is 5.59. The molecule has 6 heteroatoms. The number of benzene rings is 1. The molecule has 0 bridgehead atoms. The van der Waals surface area contributed by atoms with Gasteiger partial charge in [0, 0.05) is 19.2 Å². The van der Waals surface area contributed by atoms with Gasteiger partial charge in [0.15, 0.2) is 0 Å². The van der Waals surface area contributed by atoms with Crippen LogP contribution in [0.15, 0.2) is 24.3 Å². The minimum Gasteiger partial charge on any atom is -0.356 e. The van der Waals surface area contributed by atoms with Gasteiger partial charge in [0.1, 0.15) is 5.01 Å². The third-order valence-electron chi connectivity index (χ3n) is 2.41. The summed E-state index contributed by atoms with van der Waals surface area (Å²) >= 11 is 1.52. The van der Waals surface area contributed by atoms with E-state index in [2.05, 4.69) is 20.8 Å². The SMILES string of the molecule is CNC(=O)c1ccc(CNc2nnc(C)s2)cc1. The standard InChI is InChI=1S/C12H14N4OS/c1-8-15-16-12(18-8)14-7-9-3-5-10(6-4-9)11(17)13-2/h3-6H,7H2,1-2H3,(H,13,17)(H,14,16). The van der Waals surface area contributed by atoms with Crippen LogP contribution in [-0.2, 0) is 6.54 Å². The van der Waals surface area contributed by atoms with Crippen molar-refractivity contribution >= 4 is 22.4 Å². The van der Waals surface area contributed by atoms with Crippen molar-refractivity contribution in [3.05, 3.63) is 40.4 Å². The number of rotatable bonds is 4. The monoisotopic (exact) mass is 262 g/mol. The van der Waals surface area contributed by atoms with Crippen molar-refractivity contribution in [2.24, 2.45) is 0 Å². The van der Waals surface area contributed by atoms with E-state index in [1.165, 1.54) is 11.3 Å². The van der Waals surface area contributed by atoms with Crippen LogP contribution in [-0.4, -0.2) is 23.2 Å². The molecular formula is C12H14N4OS. The van der Waals surface area contributed by atoms with E-state index < -0.39 is 0 Å². The molecule has 2 N–H and O–H groups in total. The highest BCUT2D eigenvalue weighted by Crippen LogP contribution is 2.15. The van der Waals surface area contributed by atoms with Crippen LogP contribution in [0.4, 0.5) is 5.13 Å². The predicted molar refractivity (Wildman–Crippen MR) is 71.8 cm³/mol. The Bertz CT molecular complexity index is 535. The Morgan fingerprint density at radius 3 is 2.56 bits per heavy atom. The van der Waals surface area contributed by atoms with Crippen LogP contribution in [0, 0.1) is 6.92 Å². The molecule has 0 radical (unpaired) electrons. The lowest BCUT2D eigenvalue weighted by Gasteiger charge is -2.04. The minimum absolute atomic E-state index is 0.0748. The fourth-order valence-electron chi connectivity index (χ4n) is 1.46. The van der Waals surface area contributed by atoms with Gasteiger partial charge in [0.2, 0.25) is 5.13 Å². The average Bonchev–Trinajstić information content (AvgIpc) is 2.82. The van der Waals surface area contributed by atoms with E-state index in [1.54, 1.807) is 19.2 Å². The van der Waals surface area contributed by atoms with Gasteiger partial charge in [-0.1, -0.05) is 23.5 Å². The van der Waals surface area contributed by atoms with Gasteiger partial charge in [-0.3, -0.25) is 4.79 Å². The molecule has 94 valence electrons. The first-order chi connectivity index (χ1) is 8.69. The Morgan fingerprint density at radius 1 is 1.28 bits per heavy atom. The Balaban J connectivity index is 1.96. The van der Waals surface area contributed by atoms with Gasteiger partial charge >= 0.3 is 0 Å². The number of hydrogen-bond donors (Lipinski definition) is 2. The Kier molecular flexibility index (Phi) is 3.88. The number of anilines is 1. The summed E-state index contributed by atoms with van der Waals surface area (Å²) in [5.74, 6) is -0.0748. The maximum atomic E-state index is 11.4. The quantitative estimate of drug-likeness (QED) is 0.882. The van der Waals surface area contributed by atoms with Crippen molar-refractivity contribution in [2.75, 3.05) is 12.4 Å². The zero-order valence-electron chi connectivity index (χ0n) is 10.2. The molecule has 5 nitrogen and oxygen atoms in total. The maximum absolute atomic E-state index is 11.4. The summed E-state index contributed by atoms with van der Waals surface area (Å²) in [5, 5.41) is 15.4. The molecule has 0 unspecified atom stereocenters. The van der Waals surface area contributed by atoms with E-state index >= 15 is 0 Å². The third-order valence-corrected chi connectivity index (χ3v) is 3.21. The van der Waals surface area contributed by atoms with Crippen molar-refractivity contribution in [3.8, 4) is 0 Å². The fourth-order valence-corrected chi connectivity index (χ4v) is 2.05. The van der Waals surface area contributed by atoms with Crippen molar-refractivity contribution in [1.29, 1.82) is 0 Å². The van der Waals surface area contributed by atoms with Crippen LogP contribution < -0.4 is 10.6 Å². The molecule has 0 saturated heterocycles. The number of aryl methyl sites for hydroxylation is 1. The first kappa shape index (κ1) is 12.5. The molecule has 1 aromatic heterocycles. The molecule has 2 rings (SSSR count). The summed E-state index contributed by atoms with van der Waals surface area (Å²) in [5.41, 5.74) is 1.75. The number of nitrogens with one attached hydrogen (secondary N) is 2. The van der Waals surface area contributed by atoms with Gasteiger partial charge in [-0.2, -0.15) is 0 Å². The number of amides is 1. The lowest BCUT2D eigenvalue weighted by molar-refractivity contribution is 0.0963. The van der Waals surface area contributed by atoms with Gasteiger partial charge in [0.05, 0.1) is 0 Å². The Hall–Kier alpha value is -1.95. The molecule has 0 atom stereocenters. The zero-order chi connectivity index (χ0) is 13.0. The highest BCUT2D eigenvalue weighted by Gasteiger charge is 2.03. The molecule has 2 aromatic rings. The molecule has 0 aliphatic heterocycles. The third kappa shape index (κ3) is 3.04. The molecule has 0 aliphatic carbocycles. The van der Waals surface area contributed by atoms with E-state index in [4.69, 9.17) is 0 Å². The first-order valence-electron chi connectivity index (χ1n) is 5.54. The van der Waals surface area contributed by atoms with Gasteiger partial charge < -0.3 is 10.6 Å². The molecule has 0 fully saturated rings. The van der Waals surface area contributed by atoms with Crippen molar-refractivity contribution in [3.63, 3.8) is 0 Å². The molecule has 18 heavy (non-hydrogen) atoms. The Labute approximate surface area is 109 Å². The van der Waals surface area contributed by atoms with Crippen molar-refractivity contribution in [2.45, 2.75) is 13.5 Å². The topological polar surface area (TPSA) is 66.9 Å². The van der Waals surface area contributed by atoms with Crippen LogP contribution in [0.1, 0.15) is 20.9 Å². The van der Waals surface area contributed by atoms with E-state index in [1.807, 2.05) is 19.1 Å². The maximum Gasteiger partial charge on any atom is 0.251 e. The molecular weight excluding hydrogens is 248 g/mol. The van der Waals surface area contributed by atoms with Gasteiger partial charge in [-0.05, 0) is 24.6 Å². The fraction of sp³-hybridized carbons (Fsp3) is 0.250. The van der Waals surface area contributed by atoms with Crippen LogP contribution in [0.3, 0.4) is 0 Å². The summed E-state index contributed by atoms with van der Waals surface area (Å²) in [6.45, 7) is 2.59.